The largest absolute Gasteiger partial charge is 0.339 e. The minimum Gasteiger partial charge on any atom is -0.339 e. The van der Waals surface area contributed by atoms with Gasteiger partial charge < -0.3 is 15.1 Å². The lowest BCUT2D eigenvalue weighted by atomic mass is 9.71. The summed E-state index contributed by atoms with van der Waals surface area (Å²) >= 11 is 0. The van der Waals surface area contributed by atoms with Crippen LogP contribution in [-0.4, -0.2) is 53.7 Å². The third kappa shape index (κ3) is 5.96. The Labute approximate surface area is 244 Å². The first-order valence-corrected chi connectivity index (χ1v) is 14.3. The summed E-state index contributed by atoms with van der Waals surface area (Å²) in [5, 5.41) is 2.86. The molecule has 2 saturated heterocycles. The highest BCUT2D eigenvalue weighted by molar-refractivity contribution is 6.04. The average Bonchev–Trinajstić information content (AvgIpc) is 3.01. The summed E-state index contributed by atoms with van der Waals surface area (Å²) in [5.74, 6) is -0.421. The molecule has 0 unspecified atom stereocenters. The lowest BCUT2D eigenvalue weighted by Crippen LogP contribution is -2.62. The average molecular weight is 562 g/mol. The number of piperidine rings is 1. The van der Waals surface area contributed by atoms with Crippen LogP contribution in [0.5, 0.6) is 0 Å². The van der Waals surface area contributed by atoms with Gasteiger partial charge in [-0.1, -0.05) is 42.5 Å². The second-order valence-corrected chi connectivity index (χ2v) is 11.4. The number of carbonyl (C=O) groups is 3. The number of likely N-dealkylation sites (tertiary alicyclic amines) is 2. The zero-order valence-electron chi connectivity index (χ0n) is 23.3. The van der Waals surface area contributed by atoms with Crippen molar-refractivity contribution in [2.75, 3.05) is 31.5 Å². The number of nitrogens with zero attached hydrogens (tertiary/aromatic N) is 2. The molecule has 2 aliphatic rings. The van der Waals surface area contributed by atoms with Crippen molar-refractivity contribution in [1.29, 1.82) is 0 Å². The third-order valence-electron chi connectivity index (χ3n) is 8.40. The zero-order chi connectivity index (χ0) is 29.1. The molecule has 6 nitrogen and oxygen atoms in total. The Morgan fingerprint density at radius 3 is 1.76 bits per heavy atom. The van der Waals surface area contributed by atoms with E-state index in [1.807, 2.05) is 52.3 Å². The highest BCUT2D eigenvalue weighted by Crippen LogP contribution is 2.41. The van der Waals surface area contributed by atoms with Gasteiger partial charge in [0.15, 0.2) is 0 Å². The minimum absolute atomic E-state index is 0.0132. The number of amides is 3. The number of halogens is 1. The van der Waals surface area contributed by atoms with Gasteiger partial charge in [0.05, 0.1) is 0 Å². The van der Waals surface area contributed by atoms with Gasteiger partial charge in [0.1, 0.15) is 5.82 Å². The Morgan fingerprint density at radius 2 is 1.17 bits per heavy atom. The van der Waals surface area contributed by atoms with Crippen molar-refractivity contribution in [3.63, 3.8) is 0 Å². The van der Waals surface area contributed by atoms with Gasteiger partial charge >= 0.3 is 0 Å². The molecule has 3 amide bonds. The molecule has 42 heavy (non-hydrogen) atoms. The molecular formula is C35H32FN3O3. The third-order valence-corrected chi connectivity index (χ3v) is 8.40. The van der Waals surface area contributed by atoms with Gasteiger partial charge in [0.2, 0.25) is 0 Å². The summed E-state index contributed by atoms with van der Waals surface area (Å²) in [6.07, 6.45) is 2.43. The van der Waals surface area contributed by atoms with E-state index in [1.165, 1.54) is 12.1 Å². The van der Waals surface area contributed by atoms with E-state index in [2.05, 4.69) is 5.32 Å². The Morgan fingerprint density at radius 1 is 0.643 bits per heavy atom. The van der Waals surface area contributed by atoms with Crippen molar-refractivity contribution in [2.45, 2.75) is 19.3 Å². The molecule has 0 aromatic heterocycles. The molecule has 2 aliphatic heterocycles. The molecule has 0 saturated carbocycles. The fourth-order valence-electron chi connectivity index (χ4n) is 5.86. The fraction of sp³-hybridized carbons (Fsp3) is 0.229. The van der Waals surface area contributed by atoms with Crippen LogP contribution in [0.25, 0.3) is 0 Å². The van der Waals surface area contributed by atoms with Crippen LogP contribution < -0.4 is 5.32 Å². The lowest BCUT2D eigenvalue weighted by molar-refractivity contribution is -0.0288. The zero-order valence-corrected chi connectivity index (χ0v) is 23.3. The molecular weight excluding hydrogens is 529 g/mol. The minimum atomic E-state index is -0.248. The standard InChI is InChI=1S/C35H32FN3O3/c36-30-14-8-26(9-15-30)22-25-6-10-28(11-7-25)33(41)38-20-18-35(19-21-38)23-39(24-35)34(42)29-12-16-31(17-13-29)37-32(40)27-4-2-1-3-5-27/h1-17H,18-24H2,(H,37,40). The van der Waals surface area contributed by atoms with E-state index >= 15 is 0 Å². The molecule has 4 aromatic rings. The van der Waals surface area contributed by atoms with Crippen molar-refractivity contribution in [3.05, 3.63) is 137 Å². The van der Waals surface area contributed by atoms with Crippen LogP contribution >= 0.6 is 0 Å². The van der Waals surface area contributed by atoms with Gasteiger partial charge in [-0.2, -0.15) is 0 Å². The highest BCUT2D eigenvalue weighted by atomic mass is 19.1. The summed E-state index contributed by atoms with van der Waals surface area (Å²) in [6, 6.07) is 30.1. The smallest absolute Gasteiger partial charge is 0.255 e. The second kappa shape index (κ2) is 11.6. The predicted molar refractivity (Wildman–Crippen MR) is 160 cm³/mol. The van der Waals surface area contributed by atoms with Crippen LogP contribution in [-0.2, 0) is 6.42 Å². The van der Waals surface area contributed by atoms with Gasteiger partial charge in [-0.3, -0.25) is 14.4 Å². The van der Waals surface area contributed by atoms with Crippen molar-refractivity contribution in [3.8, 4) is 0 Å². The number of nitrogens with one attached hydrogen (secondary N) is 1. The molecule has 1 spiro atoms. The molecule has 0 aliphatic carbocycles. The van der Waals surface area contributed by atoms with E-state index in [4.69, 9.17) is 0 Å². The van der Waals surface area contributed by atoms with E-state index in [0.717, 1.165) is 24.0 Å². The van der Waals surface area contributed by atoms with Crippen LogP contribution in [0, 0.1) is 11.2 Å². The maximum Gasteiger partial charge on any atom is 0.255 e. The van der Waals surface area contributed by atoms with Crippen molar-refractivity contribution in [2.24, 2.45) is 5.41 Å². The van der Waals surface area contributed by atoms with Crippen LogP contribution in [0.3, 0.4) is 0 Å². The van der Waals surface area contributed by atoms with E-state index in [0.29, 0.717) is 55.0 Å². The van der Waals surface area contributed by atoms with Crippen LogP contribution in [0.4, 0.5) is 10.1 Å². The quantitative estimate of drug-likeness (QED) is 0.312. The molecule has 212 valence electrons. The van der Waals surface area contributed by atoms with E-state index in [-0.39, 0.29) is 29.0 Å². The van der Waals surface area contributed by atoms with Gasteiger partial charge in [-0.05, 0) is 91.1 Å². The van der Waals surface area contributed by atoms with E-state index in [1.54, 1.807) is 48.5 Å². The molecule has 0 radical (unpaired) electrons. The highest BCUT2D eigenvalue weighted by Gasteiger charge is 2.47. The summed E-state index contributed by atoms with van der Waals surface area (Å²) in [7, 11) is 0. The first kappa shape index (κ1) is 27.4. The first-order chi connectivity index (χ1) is 20.4. The number of rotatable bonds is 6. The predicted octanol–water partition coefficient (Wildman–Crippen LogP) is 6.05. The van der Waals surface area contributed by atoms with Gasteiger partial charge in [-0.15, -0.1) is 0 Å². The topological polar surface area (TPSA) is 69.7 Å². The Bertz CT molecular complexity index is 1570. The first-order valence-electron chi connectivity index (χ1n) is 14.3. The molecule has 1 N–H and O–H groups in total. The normalized spacial score (nSPS) is 15.6. The second-order valence-electron chi connectivity index (χ2n) is 11.4. The number of benzene rings is 4. The van der Waals surface area contributed by atoms with Gasteiger partial charge in [-0.25, -0.2) is 4.39 Å². The molecule has 0 atom stereocenters. The van der Waals surface area contributed by atoms with Gasteiger partial charge in [0.25, 0.3) is 17.7 Å². The van der Waals surface area contributed by atoms with Crippen LogP contribution in [0.15, 0.2) is 103 Å². The van der Waals surface area contributed by atoms with Crippen molar-refractivity contribution in [1.82, 2.24) is 9.80 Å². The SMILES string of the molecule is O=C(Nc1ccc(C(=O)N2CC3(CCN(C(=O)c4ccc(Cc5ccc(F)cc5)cc4)CC3)C2)cc1)c1ccccc1. The number of anilines is 1. The Hall–Kier alpha value is -4.78. The van der Waals surface area contributed by atoms with E-state index in [9.17, 15) is 18.8 Å². The lowest BCUT2D eigenvalue weighted by Gasteiger charge is -2.54. The monoisotopic (exact) mass is 561 g/mol. The maximum atomic E-state index is 13.2. The molecule has 6 rings (SSSR count). The van der Waals surface area contributed by atoms with Crippen molar-refractivity contribution < 1.29 is 18.8 Å². The molecule has 7 heteroatoms. The Kier molecular flexibility index (Phi) is 7.57. The van der Waals surface area contributed by atoms with Crippen LogP contribution in [0.1, 0.15) is 55.0 Å². The summed E-state index contributed by atoms with van der Waals surface area (Å²) in [5.41, 5.74) is 4.64. The molecule has 4 aromatic carbocycles. The molecule has 2 heterocycles. The van der Waals surface area contributed by atoms with Gasteiger partial charge in [0, 0.05) is 54.0 Å². The molecule has 0 bridgehead atoms. The number of carbonyl (C=O) groups excluding carboxylic acids is 3. The number of hydrogen-bond acceptors (Lipinski definition) is 3. The van der Waals surface area contributed by atoms with E-state index < -0.39 is 0 Å². The molecule has 2 fully saturated rings. The van der Waals surface area contributed by atoms with Crippen molar-refractivity contribution >= 4 is 23.4 Å². The Balaban J connectivity index is 0.974. The fourth-order valence-corrected chi connectivity index (χ4v) is 5.86. The van der Waals surface area contributed by atoms with Crippen LogP contribution in [0.2, 0.25) is 0 Å². The number of hydrogen-bond donors (Lipinski definition) is 1. The summed E-state index contributed by atoms with van der Waals surface area (Å²) in [6.45, 7) is 2.74. The summed E-state index contributed by atoms with van der Waals surface area (Å²) < 4.78 is 13.2. The maximum absolute atomic E-state index is 13.2. The summed E-state index contributed by atoms with van der Waals surface area (Å²) in [4.78, 5) is 42.4.